The summed E-state index contributed by atoms with van der Waals surface area (Å²) in [5, 5.41) is 8.34. The van der Waals surface area contributed by atoms with Crippen molar-refractivity contribution in [2.45, 2.75) is 25.7 Å². The highest BCUT2D eigenvalue weighted by Gasteiger charge is 2.03. The van der Waals surface area contributed by atoms with Crippen LogP contribution in [0.5, 0.6) is 5.75 Å². The highest BCUT2D eigenvalue weighted by molar-refractivity contribution is 6.17. The van der Waals surface area contributed by atoms with Gasteiger partial charge in [0.1, 0.15) is 5.75 Å². The van der Waals surface area contributed by atoms with Crippen LogP contribution in [-0.2, 0) is 4.74 Å². The van der Waals surface area contributed by atoms with Crippen molar-refractivity contribution >= 4 is 28.9 Å². The molecule has 0 radical (unpaired) electrons. The van der Waals surface area contributed by atoms with Crippen LogP contribution in [0.3, 0.4) is 0 Å². The van der Waals surface area contributed by atoms with Crippen molar-refractivity contribution in [1.82, 2.24) is 0 Å². The standard InChI is InChI=1S/C20H23ClN2O3/c1-25-20(24)16-6-8-17(9-7-16)22-23-18-10-12-19(13-11-18)26-15-5-3-2-4-14-21/h6-13H,2-5,14-15H2,1H3/b23-22+. The summed E-state index contributed by atoms with van der Waals surface area (Å²) in [6.45, 7) is 0.704. The highest BCUT2D eigenvalue weighted by atomic mass is 35.5. The average Bonchev–Trinajstić information content (AvgIpc) is 2.69. The Kier molecular flexibility index (Phi) is 8.63. The van der Waals surface area contributed by atoms with Crippen LogP contribution in [0, 0.1) is 0 Å². The van der Waals surface area contributed by atoms with Gasteiger partial charge in [-0.25, -0.2) is 4.79 Å². The minimum absolute atomic E-state index is 0.372. The van der Waals surface area contributed by atoms with Crippen LogP contribution in [0.25, 0.3) is 0 Å². The van der Waals surface area contributed by atoms with Crippen molar-refractivity contribution in [3.8, 4) is 5.75 Å². The predicted molar refractivity (Wildman–Crippen MR) is 103 cm³/mol. The molecule has 2 aromatic carbocycles. The van der Waals surface area contributed by atoms with Gasteiger partial charge >= 0.3 is 5.97 Å². The smallest absolute Gasteiger partial charge is 0.337 e. The van der Waals surface area contributed by atoms with Crippen LogP contribution in [0.4, 0.5) is 11.4 Å². The zero-order valence-electron chi connectivity index (χ0n) is 14.9. The van der Waals surface area contributed by atoms with E-state index < -0.39 is 0 Å². The minimum Gasteiger partial charge on any atom is -0.494 e. The zero-order valence-corrected chi connectivity index (χ0v) is 15.6. The lowest BCUT2D eigenvalue weighted by molar-refractivity contribution is 0.0601. The molecule has 138 valence electrons. The fourth-order valence-corrected chi connectivity index (χ4v) is 2.44. The number of halogens is 1. The number of benzene rings is 2. The molecule has 0 atom stereocenters. The van der Waals surface area contributed by atoms with E-state index >= 15 is 0 Å². The third-order valence-corrected chi connectivity index (χ3v) is 3.97. The first kappa shape index (κ1) is 19.9. The maximum Gasteiger partial charge on any atom is 0.337 e. The number of hydrogen-bond acceptors (Lipinski definition) is 5. The Balaban J connectivity index is 1.81. The molecule has 5 nitrogen and oxygen atoms in total. The summed E-state index contributed by atoms with van der Waals surface area (Å²) in [6, 6.07) is 14.2. The van der Waals surface area contributed by atoms with Crippen LogP contribution in [0.2, 0.25) is 0 Å². The number of nitrogens with zero attached hydrogens (tertiary/aromatic N) is 2. The molecule has 0 aromatic heterocycles. The van der Waals surface area contributed by atoms with Gasteiger partial charge in [0.25, 0.3) is 0 Å². The second-order valence-electron chi connectivity index (χ2n) is 5.68. The van der Waals surface area contributed by atoms with E-state index in [1.807, 2.05) is 24.3 Å². The minimum atomic E-state index is -0.372. The number of carbonyl (C=O) groups is 1. The number of methoxy groups -OCH3 is 1. The van der Waals surface area contributed by atoms with Gasteiger partial charge in [0, 0.05) is 5.88 Å². The lowest BCUT2D eigenvalue weighted by Crippen LogP contribution is -1.99. The van der Waals surface area contributed by atoms with Crippen LogP contribution in [0.1, 0.15) is 36.0 Å². The third kappa shape index (κ3) is 6.84. The first-order chi connectivity index (χ1) is 12.7. The van der Waals surface area contributed by atoms with Gasteiger partial charge in [0.15, 0.2) is 0 Å². The van der Waals surface area contributed by atoms with E-state index in [2.05, 4.69) is 15.0 Å². The molecule has 0 amide bonds. The highest BCUT2D eigenvalue weighted by Crippen LogP contribution is 2.22. The van der Waals surface area contributed by atoms with Crippen LogP contribution >= 0.6 is 11.6 Å². The molecule has 0 unspecified atom stereocenters. The fourth-order valence-electron chi connectivity index (χ4n) is 2.25. The Morgan fingerprint density at radius 1 is 0.885 bits per heavy atom. The molecule has 0 fully saturated rings. The van der Waals surface area contributed by atoms with Gasteiger partial charge in [0.2, 0.25) is 0 Å². The van der Waals surface area contributed by atoms with Crippen molar-refractivity contribution in [2.24, 2.45) is 10.2 Å². The Morgan fingerprint density at radius 3 is 2.04 bits per heavy atom. The molecule has 0 saturated heterocycles. The van der Waals surface area contributed by atoms with Gasteiger partial charge in [-0.3, -0.25) is 0 Å². The topological polar surface area (TPSA) is 60.2 Å². The summed E-state index contributed by atoms with van der Waals surface area (Å²) in [7, 11) is 1.35. The Bertz CT molecular complexity index is 700. The number of carbonyl (C=O) groups excluding carboxylic acids is 1. The molecule has 0 saturated carbocycles. The van der Waals surface area contributed by atoms with Gasteiger partial charge in [-0.2, -0.15) is 10.2 Å². The number of rotatable bonds is 10. The van der Waals surface area contributed by atoms with E-state index in [9.17, 15) is 4.79 Å². The lowest BCUT2D eigenvalue weighted by atomic mass is 10.2. The predicted octanol–water partition coefficient (Wildman–Crippen LogP) is 6.07. The summed E-state index contributed by atoms with van der Waals surface area (Å²) in [5.41, 5.74) is 1.88. The van der Waals surface area contributed by atoms with Gasteiger partial charge in [-0.1, -0.05) is 12.8 Å². The number of hydrogen-bond donors (Lipinski definition) is 0. The molecule has 0 bridgehead atoms. The maximum absolute atomic E-state index is 11.4. The van der Waals surface area contributed by atoms with E-state index in [4.69, 9.17) is 16.3 Å². The molecule has 6 heteroatoms. The quantitative estimate of drug-likeness (QED) is 0.219. The van der Waals surface area contributed by atoms with E-state index in [0.29, 0.717) is 17.9 Å². The summed E-state index contributed by atoms with van der Waals surface area (Å²) in [6.07, 6.45) is 4.37. The van der Waals surface area contributed by atoms with Crippen molar-refractivity contribution in [3.63, 3.8) is 0 Å². The Hall–Kier alpha value is -2.40. The van der Waals surface area contributed by atoms with E-state index in [-0.39, 0.29) is 5.97 Å². The second kappa shape index (κ2) is 11.3. The average molecular weight is 375 g/mol. The van der Waals surface area contributed by atoms with Crippen molar-refractivity contribution < 1.29 is 14.3 Å². The zero-order chi connectivity index (χ0) is 18.6. The molecule has 0 heterocycles. The molecular formula is C20H23ClN2O3. The molecule has 2 rings (SSSR count). The van der Waals surface area contributed by atoms with Crippen molar-refractivity contribution in [3.05, 3.63) is 54.1 Å². The molecule has 0 aliphatic carbocycles. The normalized spacial score (nSPS) is 10.8. The SMILES string of the molecule is COC(=O)c1ccc(/N=N/c2ccc(OCCCCCCCl)cc2)cc1. The lowest BCUT2D eigenvalue weighted by Gasteiger charge is -2.05. The van der Waals surface area contributed by atoms with Crippen LogP contribution < -0.4 is 4.74 Å². The van der Waals surface area contributed by atoms with Gasteiger partial charge < -0.3 is 9.47 Å². The number of azo groups is 1. The summed E-state index contributed by atoms with van der Waals surface area (Å²) >= 11 is 5.65. The largest absolute Gasteiger partial charge is 0.494 e. The monoisotopic (exact) mass is 374 g/mol. The van der Waals surface area contributed by atoms with E-state index in [0.717, 1.165) is 43.0 Å². The van der Waals surface area contributed by atoms with Gasteiger partial charge in [-0.05, 0) is 61.4 Å². The van der Waals surface area contributed by atoms with Gasteiger partial charge in [0.05, 0.1) is 30.7 Å². The molecular weight excluding hydrogens is 352 g/mol. The maximum atomic E-state index is 11.4. The summed E-state index contributed by atoms with van der Waals surface area (Å²) in [5.74, 6) is 1.18. The molecule has 0 spiro atoms. The van der Waals surface area contributed by atoms with Crippen molar-refractivity contribution in [1.29, 1.82) is 0 Å². The van der Waals surface area contributed by atoms with Gasteiger partial charge in [-0.15, -0.1) is 11.6 Å². The number of unbranched alkanes of at least 4 members (excludes halogenated alkanes) is 3. The van der Waals surface area contributed by atoms with Crippen molar-refractivity contribution in [2.75, 3.05) is 19.6 Å². The second-order valence-corrected chi connectivity index (χ2v) is 6.06. The molecule has 0 aliphatic heterocycles. The number of alkyl halides is 1. The number of ether oxygens (including phenoxy) is 2. The van der Waals surface area contributed by atoms with E-state index in [1.165, 1.54) is 7.11 Å². The summed E-state index contributed by atoms with van der Waals surface area (Å²) < 4.78 is 10.4. The molecule has 2 aromatic rings. The van der Waals surface area contributed by atoms with Crippen LogP contribution in [-0.4, -0.2) is 25.6 Å². The Labute approximate surface area is 159 Å². The Morgan fingerprint density at radius 2 is 1.46 bits per heavy atom. The number of esters is 1. The first-order valence-corrected chi connectivity index (χ1v) is 9.15. The third-order valence-electron chi connectivity index (χ3n) is 3.70. The molecule has 0 aliphatic rings. The molecule has 26 heavy (non-hydrogen) atoms. The fraction of sp³-hybridized carbons (Fsp3) is 0.350. The first-order valence-electron chi connectivity index (χ1n) is 8.62. The molecule has 0 N–H and O–H groups in total. The van der Waals surface area contributed by atoms with E-state index in [1.54, 1.807) is 24.3 Å². The summed E-state index contributed by atoms with van der Waals surface area (Å²) in [4.78, 5) is 11.4. The van der Waals surface area contributed by atoms with Crippen LogP contribution in [0.15, 0.2) is 58.8 Å².